The molecule has 20 heavy (non-hydrogen) atoms. The van der Waals surface area contributed by atoms with E-state index in [-0.39, 0.29) is 0 Å². The summed E-state index contributed by atoms with van der Waals surface area (Å²) in [4.78, 5) is 0. The Kier molecular flexibility index (Phi) is 8.51. The molecule has 2 atom stereocenters. The molecule has 1 N–H and O–H groups in total. The van der Waals surface area contributed by atoms with E-state index < -0.39 is 0 Å². The van der Waals surface area contributed by atoms with Crippen LogP contribution in [0.2, 0.25) is 0 Å². The Hall–Kier alpha value is -0.900. The lowest BCUT2D eigenvalue weighted by atomic mass is 9.87. The summed E-state index contributed by atoms with van der Waals surface area (Å²) in [5, 5.41) is 3.48. The maximum Gasteiger partial charge on any atom is 0.0587 e. The highest BCUT2D eigenvalue weighted by Gasteiger charge is 2.18. The van der Waals surface area contributed by atoms with Gasteiger partial charge in [-0.2, -0.15) is 0 Å². The molecule has 1 aromatic rings. The zero-order chi connectivity index (χ0) is 14.8. The minimum Gasteiger partial charge on any atom is -0.384 e. The van der Waals surface area contributed by atoms with Crippen molar-refractivity contribution in [2.75, 3.05) is 40.5 Å². The standard InChI is InChI=1S/C17H29NO2/c1-14-7-5-6-8-16(14)11-17(15(2)13-20-4)12-18-9-10-19-3/h5-8,15,17-18H,9-13H2,1-4H3. The highest BCUT2D eigenvalue weighted by atomic mass is 16.5. The quantitative estimate of drug-likeness (QED) is 0.668. The highest BCUT2D eigenvalue weighted by Crippen LogP contribution is 2.19. The van der Waals surface area contributed by atoms with Gasteiger partial charge >= 0.3 is 0 Å². The van der Waals surface area contributed by atoms with Crippen LogP contribution in [0, 0.1) is 18.8 Å². The number of benzene rings is 1. The number of hydrogen-bond acceptors (Lipinski definition) is 3. The first kappa shape index (κ1) is 17.2. The molecule has 1 aromatic carbocycles. The van der Waals surface area contributed by atoms with Gasteiger partial charge in [-0.25, -0.2) is 0 Å². The molecule has 0 spiro atoms. The fourth-order valence-corrected chi connectivity index (χ4v) is 2.46. The molecule has 0 aliphatic carbocycles. The Labute approximate surface area is 123 Å². The van der Waals surface area contributed by atoms with E-state index in [1.807, 2.05) is 0 Å². The molecule has 114 valence electrons. The largest absolute Gasteiger partial charge is 0.384 e. The van der Waals surface area contributed by atoms with E-state index in [1.54, 1.807) is 14.2 Å². The van der Waals surface area contributed by atoms with Crippen LogP contribution in [0.3, 0.4) is 0 Å². The molecule has 0 amide bonds. The zero-order valence-corrected chi connectivity index (χ0v) is 13.3. The molecule has 0 bridgehead atoms. The van der Waals surface area contributed by atoms with Gasteiger partial charge in [0.05, 0.1) is 6.61 Å². The Morgan fingerprint density at radius 2 is 1.90 bits per heavy atom. The van der Waals surface area contributed by atoms with E-state index in [9.17, 15) is 0 Å². The smallest absolute Gasteiger partial charge is 0.0587 e. The SMILES string of the molecule is COCCNCC(Cc1ccccc1C)C(C)COC. The van der Waals surface area contributed by atoms with Crippen LogP contribution in [-0.2, 0) is 15.9 Å². The Balaban J connectivity index is 2.59. The molecule has 1 rings (SSSR count). The van der Waals surface area contributed by atoms with Crippen molar-refractivity contribution in [3.05, 3.63) is 35.4 Å². The number of hydrogen-bond donors (Lipinski definition) is 1. The van der Waals surface area contributed by atoms with Crippen LogP contribution < -0.4 is 5.32 Å². The van der Waals surface area contributed by atoms with E-state index in [0.29, 0.717) is 11.8 Å². The maximum absolute atomic E-state index is 5.33. The second kappa shape index (κ2) is 9.92. The Morgan fingerprint density at radius 1 is 1.15 bits per heavy atom. The van der Waals surface area contributed by atoms with Crippen molar-refractivity contribution < 1.29 is 9.47 Å². The third-order valence-electron chi connectivity index (χ3n) is 3.87. The fraction of sp³-hybridized carbons (Fsp3) is 0.647. The van der Waals surface area contributed by atoms with Gasteiger partial charge in [0.2, 0.25) is 0 Å². The summed E-state index contributed by atoms with van der Waals surface area (Å²) in [6.45, 7) is 7.93. The van der Waals surface area contributed by atoms with Gasteiger partial charge in [0.25, 0.3) is 0 Å². The van der Waals surface area contributed by atoms with E-state index in [4.69, 9.17) is 9.47 Å². The molecule has 0 heterocycles. The van der Waals surface area contributed by atoms with Gasteiger partial charge in [0.1, 0.15) is 0 Å². The number of rotatable bonds is 10. The first-order valence-electron chi connectivity index (χ1n) is 7.42. The second-order valence-electron chi connectivity index (χ2n) is 5.52. The zero-order valence-electron chi connectivity index (χ0n) is 13.3. The Bertz CT molecular complexity index is 368. The topological polar surface area (TPSA) is 30.5 Å². The summed E-state index contributed by atoms with van der Waals surface area (Å²) >= 11 is 0. The molecule has 3 nitrogen and oxygen atoms in total. The summed E-state index contributed by atoms with van der Waals surface area (Å²) in [6.07, 6.45) is 1.09. The Morgan fingerprint density at radius 3 is 2.55 bits per heavy atom. The normalized spacial score (nSPS) is 14.2. The summed E-state index contributed by atoms with van der Waals surface area (Å²) in [6, 6.07) is 8.64. The molecule has 0 aliphatic rings. The molecule has 2 unspecified atom stereocenters. The predicted octanol–water partition coefficient (Wildman–Crippen LogP) is 2.67. The van der Waals surface area contributed by atoms with E-state index in [2.05, 4.69) is 43.4 Å². The summed E-state index contributed by atoms with van der Waals surface area (Å²) < 4.78 is 10.4. The third kappa shape index (κ3) is 6.04. The summed E-state index contributed by atoms with van der Waals surface area (Å²) in [5.74, 6) is 1.11. The van der Waals surface area contributed by atoms with Crippen molar-refractivity contribution in [2.45, 2.75) is 20.3 Å². The van der Waals surface area contributed by atoms with Gasteiger partial charge in [0, 0.05) is 27.4 Å². The summed E-state index contributed by atoms with van der Waals surface area (Å²) in [5.41, 5.74) is 2.81. The van der Waals surface area contributed by atoms with Crippen LogP contribution >= 0.6 is 0 Å². The van der Waals surface area contributed by atoms with E-state index in [0.717, 1.165) is 32.7 Å². The molecule has 0 radical (unpaired) electrons. The van der Waals surface area contributed by atoms with Gasteiger partial charge in [-0.1, -0.05) is 31.2 Å². The molecule has 0 aromatic heterocycles. The minimum absolute atomic E-state index is 0.537. The third-order valence-corrected chi connectivity index (χ3v) is 3.87. The van der Waals surface area contributed by atoms with Crippen LogP contribution in [0.4, 0.5) is 0 Å². The van der Waals surface area contributed by atoms with Crippen LogP contribution in [-0.4, -0.2) is 40.5 Å². The molecule has 0 saturated carbocycles. The number of nitrogens with one attached hydrogen (secondary N) is 1. The van der Waals surface area contributed by atoms with E-state index >= 15 is 0 Å². The van der Waals surface area contributed by atoms with Crippen molar-refractivity contribution in [3.8, 4) is 0 Å². The number of ether oxygens (including phenoxy) is 2. The van der Waals surface area contributed by atoms with Gasteiger partial charge in [-0.15, -0.1) is 0 Å². The molecular weight excluding hydrogens is 250 g/mol. The van der Waals surface area contributed by atoms with Crippen molar-refractivity contribution in [2.24, 2.45) is 11.8 Å². The lowest BCUT2D eigenvalue weighted by Crippen LogP contribution is -2.32. The van der Waals surface area contributed by atoms with Crippen LogP contribution in [0.25, 0.3) is 0 Å². The monoisotopic (exact) mass is 279 g/mol. The minimum atomic E-state index is 0.537. The second-order valence-corrected chi connectivity index (χ2v) is 5.52. The molecule has 0 saturated heterocycles. The maximum atomic E-state index is 5.33. The summed E-state index contributed by atoms with van der Waals surface area (Å²) in [7, 11) is 3.51. The van der Waals surface area contributed by atoms with Crippen molar-refractivity contribution >= 4 is 0 Å². The molecule has 0 fully saturated rings. The predicted molar refractivity (Wildman–Crippen MR) is 84.2 cm³/mol. The van der Waals surface area contributed by atoms with Crippen molar-refractivity contribution in [1.29, 1.82) is 0 Å². The highest BCUT2D eigenvalue weighted by molar-refractivity contribution is 5.26. The fourth-order valence-electron chi connectivity index (χ4n) is 2.46. The number of aryl methyl sites for hydroxylation is 1. The van der Waals surface area contributed by atoms with E-state index in [1.165, 1.54) is 11.1 Å². The first-order valence-corrected chi connectivity index (χ1v) is 7.42. The molecular formula is C17H29NO2. The van der Waals surface area contributed by atoms with Crippen molar-refractivity contribution in [1.82, 2.24) is 5.32 Å². The molecule has 3 heteroatoms. The van der Waals surface area contributed by atoms with Gasteiger partial charge < -0.3 is 14.8 Å². The van der Waals surface area contributed by atoms with Crippen LogP contribution in [0.5, 0.6) is 0 Å². The lowest BCUT2D eigenvalue weighted by molar-refractivity contribution is 0.126. The van der Waals surface area contributed by atoms with Crippen molar-refractivity contribution in [3.63, 3.8) is 0 Å². The molecule has 0 aliphatic heterocycles. The lowest BCUT2D eigenvalue weighted by Gasteiger charge is -2.25. The average Bonchev–Trinajstić information content (AvgIpc) is 2.44. The number of methoxy groups -OCH3 is 2. The van der Waals surface area contributed by atoms with Gasteiger partial charge in [-0.3, -0.25) is 0 Å². The van der Waals surface area contributed by atoms with Crippen LogP contribution in [0.15, 0.2) is 24.3 Å². The van der Waals surface area contributed by atoms with Gasteiger partial charge in [0.15, 0.2) is 0 Å². The average molecular weight is 279 g/mol. The first-order chi connectivity index (χ1) is 9.69. The van der Waals surface area contributed by atoms with Gasteiger partial charge in [-0.05, 0) is 42.9 Å². The van der Waals surface area contributed by atoms with Crippen LogP contribution in [0.1, 0.15) is 18.1 Å².